The summed E-state index contributed by atoms with van der Waals surface area (Å²) < 4.78 is 9.31. The van der Waals surface area contributed by atoms with E-state index < -0.39 is 0 Å². The van der Waals surface area contributed by atoms with Gasteiger partial charge < -0.3 is 9.32 Å². The Balaban J connectivity index is 1.24. The summed E-state index contributed by atoms with van der Waals surface area (Å²) in [6.45, 7) is 0. The van der Waals surface area contributed by atoms with Crippen LogP contribution in [-0.2, 0) is 0 Å². The minimum atomic E-state index is 0.881. The molecule has 0 aliphatic heterocycles. The molecule has 49 heavy (non-hydrogen) atoms. The minimum Gasteiger partial charge on any atom is -0.455 e. The van der Waals surface area contributed by atoms with Crippen LogP contribution in [0.25, 0.3) is 75.1 Å². The van der Waals surface area contributed by atoms with Crippen LogP contribution in [0, 0.1) is 0 Å². The maximum atomic E-state index is 6.75. The van der Waals surface area contributed by atoms with Crippen molar-refractivity contribution >= 4 is 81.3 Å². The molecule has 0 spiro atoms. The van der Waals surface area contributed by atoms with Crippen LogP contribution in [0.5, 0.6) is 0 Å². The van der Waals surface area contributed by atoms with Crippen LogP contribution >= 0.6 is 11.3 Å². The van der Waals surface area contributed by atoms with Crippen LogP contribution < -0.4 is 4.90 Å². The van der Waals surface area contributed by atoms with Gasteiger partial charge in [0.05, 0.1) is 10.4 Å². The topological polar surface area (TPSA) is 16.4 Å². The molecular formula is C46H29NOS. The van der Waals surface area contributed by atoms with Crippen molar-refractivity contribution in [3.05, 3.63) is 176 Å². The molecule has 0 aliphatic rings. The highest BCUT2D eigenvalue weighted by Crippen LogP contribution is 2.47. The van der Waals surface area contributed by atoms with Gasteiger partial charge in [-0.05, 0) is 76.0 Å². The molecule has 10 rings (SSSR count). The summed E-state index contributed by atoms with van der Waals surface area (Å²) >= 11 is 1.86. The van der Waals surface area contributed by atoms with Gasteiger partial charge in [-0.25, -0.2) is 0 Å². The van der Waals surface area contributed by atoms with Gasteiger partial charge in [-0.15, -0.1) is 11.3 Å². The predicted octanol–water partition coefficient (Wildman–Crippen LogP) is 13.9. The molecule has 0 saturated carbocycles. The fourth-order valence-electron chi connectivity index (χ4n) is 7.35. The zero-order valence-corrected chi connectivity index (χ0v) is 27.3. The van der Waals surface area contributed by atoms with Crippen LogP contribution in [0.15, 0.2) is 180 Å². The van der Waals surface area contributed by atoms with Crippen molar-refractivity contribution in [1.82, 2.24) is 0 Å². The summed E-state index contributed by atoms with van der Waals surface area (Å²) in [5.41, 5.74) is 9.81. The highest BCUT2D eigenvalue weighted by molar-refractivity contribution is 7.26. The van der Waals surface area contributed by atoms with Crippen molar-refractivity contribution in [1.29, 1.82) is 0 Å². The van der Waals surface area contributed by atoms with Gasteiger partial charge in [0.15, 0.2) is 0 Å². The molecule has 3 heteroatoms. The largest absolute Gasteiger partial charge is 0.455 e. The molecule has 2 nitrogen and oxygen atoms in total. The molecule has 2 aromatic heterocycles. The lowest BCUT2D eigenvalue weighted by Crippen LogP contribution is -2.10. The van der Waals surface area contributed by atoms with Crippen molar-refractivity contribution in [2.75, 3.05) is 4.90 Å². The smallest absolute Gasteiger partial charge is 0.143 e. The van der Waals surface area contributed by atoms with Gasteiger partial charge in [-0.2, -0.15) is 0 Å². The first-order chi connectivity index (χ1) is 24.3. The maximum Gasteiger partial charge on any atom is 0.143 e. The van der Waals surface area contributed by atoms with E-state index in [0.717, 1.165) is 50.1 Å². The molecule has 0 bridgehead atoms. The van der Waals surface area contributed by atoms with E-state index in [4.69, 9.17) is 4.42 Å². The highest BCUT2D eigenvalue weighted by atomic mass is 32.1. The molecule has 0 atom stereocenters. The van der Waals surface area contributed by atoms with E-state index in [1.54, 1.807) is 0 Å². The predicted molar refractivity (Wildman–Crippen MR) is 210 cm³/mol. The molecule has 0 saturated heterocycles. The quantitative estimate of drug-likeness (QED) is 0.186. The lowest BCUT2D eigenvalue weighted by molar-refractivity contribution is 0.670. The van der Waals surface area contributed by atoms with E-state index >= 15 is 0 Å². The number of furan rings is 1. The van der Waals surface area contributed by atoms with Crippen LogP contribution in [0.2, 0.25) is 0 Å². The Kier molecular flexibility index (Phi) is 6.39. The van der Waals surface area contributed by atoms with Gasteiger partial charge in [0.1, 0.15) is 11.2 Å². The number of fused-ring (bicyclic) bond motifs is 8. The molecule has 0 unspecified atom stereocenters. The third kappa shape index (κ3) is 4.55. The van der Waals surface area contributed by atoms with Gasteiger partial charge in [0, 0.05) is 43.2 Å². The van der Waals surface area contributed by atoms with E-state index in [1.807, 2.05) is 11.3 Å². The van der Waals surface area contributed by atoms with Crippen molar-refractivity contribution < 1.29 is 4.42 Å². The van der Waals surface area contributed by atoms with Gasteiger partial charge in [-0.1, -0.05) is 127 Å². The van der Waals surface area contributed by atoms with Crippen molar-refractivity contribution in [2.45, 2.75) is 0 Å². The van der Waals surface area contributed by atoms with Gasteiger partial charge in [0.25, 0.3) is 0 Å². The fraction of sp³-hybridized carbons (Fsp3) is 0. The maximum absolute atomic E-state index is 6.75. The first-order valence-electron chi connectivity index (χ1n) is 16.6. The monoisotopic (exact) mass is 643 g/mol. The Hall–Kier alpha value is -6.16. The van der Waals surface area contributed by atoms with E-state index in [1.165, 1.54) is 42.1 Å². The van der Waals surface area contributed by atoms with Crippen molar-refractivity contribution in [3.63, 3.8) is 0 Å². The summed E-state index contributed by atoms with van der Waals surface area (Å²) in [5, 5.41) is 7.21. The lowest BCUT2D eigenvalue weighted by atomic mass is 9.96. The van der Waals surface area contributed by atoms with Crippen molar-refractivity contribution in [3.8, 4) is 22.3 Å². The zero-order valence-electron chi connectivity index (χ0n) is 26.5. The molecule has 0 amide bonds. The van der Waals surface area contributed by atoms with E-state index in [-0.39, 0.29) is 0 Å². The Labute approximate surface area is 287 Å². The third-order valence-electron chi connectivity index (χ3n) is 9.65. The zero-order chi connectivity index (χ0) is 32.3. The van der Waals surface area contributed by atoms with Crippen molar-refractivity contribution in [2.24, 2.45) is 0 Å². The second kappa shape index (κ2) is 11.2. The number of thiophene rings is 1. The first-order valence-corrected chi connectivity index (χ1v) is 17.4. The Morgan fingerprint density at radius 3 is 1.92 bits per heavy atom. The second-order valence-corrected chi connectivity index (χ2v) is 13.6. The lowest BCUT2D eigenvalue weighted by Gasteiger charge is -2.26. The molecule has 8 aromatic carbocycles. The molecular weight excluding hydrogens is 615 g/mol. The minimum absolute atomic E-state index is 0.881. The van der Waals surface area contributed by atoms with E-state index in [9.17, 15) is 0 Å². The molecule has 0 aliphatic carbocycles. The number of hydrogen-bond donors (Lipinski definition) is 0. The Bertz CT molecular complexity index is 2810. The summed E-state index contributed by atoms with van der Waals surface area (Å²) in [4.78, 5) is 2.41. The molecule has 0 N–H and O–H groups in total. The van der Waals surface area contributed by atoms with Crippen LogP contribution in [-0.4, -0.2) is 0 Å². The summed E-state index contributed by atoms with van der Waals surface area (Å²) in [5.74, 6) is 0. The van der Waals surface area contributed by atoms with Gasteiger partial charge in [-0.3, -0.25) is 0 Å². The Morgan fingerprint density at radius 1 is 0.449 bits per heavy atom. The molecule has 0 fully saturated rings. The number of nitrogens with zero attached hydrogens (tertiary/aromatic N) is 1. The molecule has 10 aromatic rings. The molecule has 230 valence electrons. The van der Waals surface area contributed by atoms with Crippen LogP contribution in [0.4, 0.5) is 17.1 Å². The SMILES string of the molecule is c1ccc(-c2ccc(N(c3ccc4oc5c(-c6ccccc6)cc6ccccc6c5c4c3)c3cccc4c3sc3ccccc34)cc2)cc1. The second-order valence-electron chi connectivity index (χ2n) is 12.5. The summed E-state index contributed by atoms with van der Waals surface area (Å²) in [7, 11) is 0. The fourth-order valence-corrected chi connectivity index (χ4v) is 8.56. The van der Waals surface area contributed by atoms with Crippen LogP contribution in [0.1, 0.15) is 0 Å². The number of hydrogen-bond acceptors (Lipinski definition) is 3. The average Bonchev–Trinajstić information content (AvgIpc) is 3.75. The molecule has 2 heterocycles. The standard InChI is InChI=1S/C46H29NOS/c1-3-12-30(13-4-1)31-22-24-34(25-23-31)47(41-20-11-19-38-37-18-9-10-21-43(37)49-46(38)41)35-26-27-42-40(29-35)44-36-17-8-7-16-33(36)28-39(45(44)48-42)32-14-5-2-6-15-32/h1-29H. The van der Waals surface area contributed by atoms with E-state index in [2.05, 4.69) is 181 Å². The highest BCUT2D eigenvalue weighted by Gasteiger charge is 2.21. The third-order valence-corrected chi connectivity index (χ3v) is 10.9. The normalized spacial score (nSPS) is 11.7. The summed E-state index contributed by atoms with van der Waals surface area (Å²) in [6.07, 6.45) is 0. The number of benzene rings is 8. The number of anilines is 3. The van der Waals surface area contributed by atoms with Gasteiger partial charge in [0.2, 0.25) is 0 Å². The number of rotatable bonds is 5. The summed E-state index contributed by atoms with van der Waals surface area (Å²) in [6, 6.07) is 63.1. The first kappa shape index (κ1) is 27.9. The molecule has 0 radical (unpaired) electrons. The van der Waals surface area contributed by atoms with Gasteiger partial charge >= 0.3 is 0 Å². The Morgan fingerprint density at radius 2 is 1.10 bits per heavy atom. The average molecular weight is 644 g/mol. The van der Waals surface area contributed by atoms with Crippen LogP contribution in [0.3, 0.4) is 0 Å². The van der Waals surface area contributed by atoms with E-state index in [0.29, 0.717) is 0 Å².